The third-order valence-corrected chi connectivity index (χ3v) is 3.23. The average Bonchev–Trinajstić information content (AvgIpc) is 2.08. The van der Waals surface area contributed by atoms with Crippen LogP contribution >= 0.6 is 27.7 Å². The number of aliphatic carboxylic acids is 1. The topological polar surface area (TPSA) is 37.3 Å². The molecule has 0 aliphatic carbocycles. The maximum absolute atomic E-state index is 12.7. The smallest absolute Gasteiger partial charge is 0.349 e. The minimum Gasteiger partial charge on any atom is -0.478 e. The minimum absolute atomic E-state index is 0.581. The summed E-state index contributed by atoms with van der Waals surface area (Å²) >= 11 is 3.86. The van der Waals surface area contributed by atoms with Gasteiger partial charge in [0, 0.05) is 9.37 Å². The van der Waals surface area contributed by atoms with Gasteiger partial charge in [0.05, 0.1) is 0 Å². The van der Waals surface area contributed by atoms with Crippen LogP contribution in [0, 0.1) is 0 Å². The summed E-state index contributed by atoms with van der Waals surface area (Å²) in [7, 11) is 0. The van der Waals surface area contributed by atoms with Crippen molar-refractivity contribution in [2.45, 2.75) is 10.4 Å². The maximum Gasteiger partial charge on any atom is 0.349 e. The zero-order valence-electron chi connectivity index (χ0n) is 6.41. The van der Waals surface area contributed by atoms with Gasteiger partial charge in [-0.15, -0.1) is 0 Å². The van der Waals surface area contributed by atoms with E-state index in [-0.39, 0.29) is 0 Å². The standard InChI is InChI=1S/C8H6BrFO2S/c9-5-3-1-2-4-6(5)13-7(10)8(11)12/h1-4,7H,(H,11,12). The molecule has 1 unspecified atom stereocenters. The molecule has 0 fully saturated rings. The zero-order chi connectivity index (χ0) is 9.84. The lowest BCUT2D eigenvalue weighted by Gasteiger charge is -2.04. The molecule has 70 valence electrons. The zero-order valence-corrected chi connectivity index (χ0v) is 8.81. The van der Waals surface area contributed by atoms with Crippen LogP contribution in [0.5, 0.6) is 0 Å². The molecule has 0 aliphatic rings. The van der Waals surface area contributed by atoms with Crippen molar-refractivity contribution in [3.05, 3.63) is 28.7 Å². The first-order valence-electron chi connectivity index (χ1n) is 3.39. The van der Waals surface area contributed by atoms with Gasteiger partial charge >= 0.3 is 5.97 Å². The monoisotopic (exact) mass is 264 g/mol. The van der Waals surface area contributed by atoms with Crippen molar-refractivity contribution in [2.75, 3.05) is 0 Å². The van der Waals surface area contributed by atoms with Crippen molar-refractivity contribution in [2.24, 2.45) is 0 Å². The highest BCUT2D eigenvalue weighted by molar-refractivity contribution is 9.10. The van der Waals surface area contributed by atoms with Gasteiger partial charge in [-0.25, -0.2) is 9.18 Å². The van der Waals surface area contributed by atoms with Crippen molar-refractivity contribution in [1.82, 2.24) is 0 Å². The summed E-state index contributed by atoms with van der Waals surface area (Å²) < 4.78 is 13.4. The second-order valence-corrected chi connectivity index (χ2v) is 4.15. The van der Waals surface area contributed by atoms with Gasteiger partial charge in [0.25, 0.3) is 0 Å². The first-order valence-corrected chi connectivity index (χ1v) is 5.06. The molecule has 0 aliphatic heterocycles. The van der Waals surface area contributed by atoms with E-state index in [0.29, 0.717) is 21.1 Å². The van der Waals surface area contributed by atoms with E-state index < -0.39 is 11.5 Å². The van der Waals surface area contributed by atoms with Gasteiger partial charge in [-0.2, -0.15) is 0 Å². The Morgan fingerprint density at radius 3 is 2.69 bits per heavy atom. The molecule has 5 heteroatoms. The SMILES string of the molecule is O=C(O)C(F)Sc1ccccc1Br. The van der Waals surface area contributed by atoms with Crippen LogP contribution < -0.4 is 0 Å². The van der Waals surface area contributed by atoms with Crippen LogP contribution in [0.25, 0.3) is 0 Å². The van der Waals surface area contributed by atoms with Gasteiger partial charge in [0.2, 0.25) is 5.50 Å². The Morgan fingerprint density at radius 2 is 2.15 bits per heavy atom. The number of carbonyl (C=O) groups is 1. The Labute approximate surface area is 87.3 Å². The van der Waals surface area contributed by atoms with Crippen molar-refractivity contribution < 1.29 is 14.3 Å². The minimum atomic E-state index is -1.92. The van der Waals surface area contributed by atoms with Gasteiger partial charge in [0.1, 0.15) is 0 Å². The van der Waals surface area contributed by atoms with Gasteiger partial charge in [-0.3, -0.25) is 0 Å². The average molecular weight is 265 g/mol. The highest BCUT2D eigenvalue weighted by atomic mass is 79.9. The Bertz CT molecular complexity index is 319. The van der Waals surface area contributed by atoms with Crippen LogP contribution in [0.15, 0.2) is 33.6 Å². The van der Waals surface area contributed by atoms with Crippen molar-refractivity contribution >= 4 is 33.7 Å². The second-order valence-electron chi connectivity index (χ2n) is 2.20. The Balaban J connectivity index is 2.74. The lowest BCUT2D eigenvalue weighted by Crippen LogP contribution is -2.09. The number of alkyl halides is 1. The lowest BCUT2D eigenvalue weighted by molar-refractivity contribution is -0.139. The summed E-state index contributed by atoms with van der Waals surface area (Å²) in [5, 5.41) is 8.32. The third kappa shape index (κ3) is 3.00. The molecule has 1 aromatic rings. The number of hydrogen-bond acceptors (Lipinski definition) is 2. The molecule has 1 rings (SSSR count). The normalized spacial score (nSPS) is 12.5. The molecule has 1 atom stereocenters. The summed E-state index contributed by atoms with van der Waals surface area (Å²) in [4.78, 5) is 10.8. The molecule has 0 heterocycles. The van der Waals surface area contributed by atoms with E-state index in [4.69, 9.17) is 5.11 Å². The second kappa shape index (κ2) is 4.62. The summed E-state index contributed by atoms with van der Waals surface area (Å²) in [5.41, 5.74) is -1.92. The molecule has 13 heavy (non-hydrogen) atoms. The highest BCUT2D eigenvalue weighted by Gasteiger charge is 2.17. The number of thioether (sulfide) groups is 1. The van der Waals surface area contributed by atoms with Crippen LogP contribution in [0.2, 0.25) is 0 Å². The Kier molecular flexibility index (Phi) is 3.74. The van der Waals surface area contributed by atoms with Crippen LogP contribution in [0.3, 0.4) is 0 Å². The highest BCUT2D eigenvalue weighted by Crippen LogP contribution is 2.30. The van der Waals surface area contributed by atoms with E-state index in [1.165, 1.54) is 0 Å². The molecule has 0 amide bonds. The molecular weight excluding hydrogens is 259 g/mol. The fourth-order valence-corrected chi connectivity index (χ4v) is 1.93. The first-order chi connectivity index (χ1) is 6.11. The molecular formula is C8H6BrFO2S. The van der Waals surface area contributed by atoms with Crippen LogP contribution in [-0.2, 0) is 4.79 Å². The molecule has 0 spiro atoms. The van der Waals surface area contributed by atoms with Crippen LogP contribution in [0.4, 0.5) is 4.39 Å². The Morgan fingerprint density at radius 1 is 1.54 bits per heavy atom. The summed E-state index contributed by atoms with van der Waals surface area (Å²) in [6.45, 7) is 0. The number of carboxylic acid groups (broad SMARTS) is 1. The van der Waals surface area contributed by atoms with Crippen LogP contribution in [-0.4, -0.2) is 16.6 Å². The molecule has 0 aromatic heterocycles. The van der Waals surface area contributed by atoms with E-state index in [1.54, 1.807) is 24.3 Å². The Hall–Kier alpha value is -0.550. The molecule has 0 saturated heterocycles. The predicted octanol–water partition coefficient (Wildman–Crippen LogP) is 2.92. The number of rotatable bonds is 3. The van der Waals surface area contributed by atoms with E-state index in [9.17, 15) is 9.18 Å². The molecule has 0 saturated carbocycles. The first kappa shape index (κ1) is 10.5. The maximum atomic E-state index is 12.7. The molecule has 1 N–H and O–H groups in total. The summed E-state index contributed by atoms with van der Waals surface area (Å²) in [6, 6.07) is 6.89. The van der Waals surface area contributed by atoms with Crippen molar-refractivity contribution in [1.29, 1.82) is 0 Å². The number of carboxylic acids is 1. The summed E-state index contributed by atoms with van der Waals surface area (Å²) in [6.07, 6.45) is 0. The lowest BCUT2D eigenvalue weighted by atomic mass is 10.4. The van der Waals surface area contributed by atoms with E-state index in [0.717, 1.165) is 0 Å². The molecule has 2 nitrogen and oxygen atoms in total. The van der Waals surface area contributed by atoms with Crippen LogP contribution in [0.1, 0.15) is 0 Å². The van der Waals surface area contributed by atoms with Gasteiger partial charge in [0.15, 0.2) is 0 Å². The number of halogens is 2. The predicted molar refractivity (Wildman–Crippen MR) is 52.5 cm³/mol. The fraction of sp³-hybridized carbons (Fsp3) is 0.125. The largest absolute Gasteiger partial charge is 0.478 e. The van der Waals surface area contributed by atoms with Gasteiger partial charge in [-0.05, 0) is 28.1 Å². The van der Waals surface area contributed by atoms with Crippen molar-refractivity contribution in [3.63, 3.8) is 0 Å². The van der Waals surface area contributed by atoms with Gasteiger partial charge in [-0.1, -0.05) is 23.9 Å². The summed E-state index contributed by atoms with van der Waals surface area (Å²) in [5.74, 6) is -1.46. The van der Waals surface area contributed by atoms with E-state index in [1.807, 2.05) is 0 Å². The quantitative estimate of drug-likeness (QED) is 0.854. The van der Waals surface area contributed by atoms with Gasteiger partial charge < -0.3 is 5.11 Å². The number of hydrogen-bond donors (Lipinski definition) is 1. The fourth-order valence-electron chi connectivity index (χ4n) is 0.702. The van der Waals surface area contributed by atoms with E-state index >= 15 is 0 Å². The van der Waals surface area contributed by atoms with Crippen molar-refractivity contribution in [3.8, 4) is 0 Å². The molecule has 1 aromatic carbocycles. The molecule has 0 bridgehead atoms. The van der Waals surface area contributed by atoms with E-state index in [2.05, 4.69) is 15.9 Å². The number of benzene rings is 1. The third-order valence-electron chi connectivity index (χ3n) is 1.26. The molecule has 0 radical (unpaired) electrons.